The lowest BCUT2D eigenvalue weighted by molar-refractivity contribution is 0.210. The highest BCUT2D eigenvalue weighted by molar-refractivity contribution is 9.10. The summed E-state index contributed by atoms with van der Waals surface area (Å²) in [5.74, 6) is 0.616. The zero-order valence-electron chi connectivity index (χ0n) is 8.27. The molecular weight excluding hydrogens is 260 g/mol. The first-order valence-corrected chi connectivity index (χ1v) is 5.33. The average molecular weight is 271 g/mol. The third kappa shape index (κ3) is 2.45. The fourth-order valence-electron chi connectivity index (χ4n) is 1.20. The summed E-state index contributed by atoms with van der Waals surface area (Å²) in [4.78, 5) is 4.29. The van der Waals surface area contributed by atoms with Crippen molar-refractivity contribution in [1.82, 2.24) is 14.6 Å². The van der Waals surface area contributed by atoms with Crippen molar-refractivity contribution in [3.63, 3.8) is 0 Å². The summed E-state index contributed by atoms with van der Waals surface area (Å²) in [6.07, 6.45) is 1.86. The number of nitrogens with one attached hydrogen (secondary N) is 1. The minimum absolute atomic E-state index is 0.616. The van der Waals surface area contributed by atoms with Crippen molar-refractivity contribution in [3.05, 3.63) is 22.8 Å². The molecular formula is C9H11BrN4O. The highest BCUT2D eigenvalue weighted by Gasteiger charge is 2.02. The lowest BCUT2D eigenvalue weighted by atomic mass is 10.5. The molecule has 2 aromatic rings. The molecule has 6 heteroatoms. The smallest absolute Gasteiger partial charge is 0.243 e. The molecule has 5 nitrogen and oxygen atoms in total. The van der Waals surface area contributed by atoms with Crippen LogP contribution in [0.5, 0.6) is 0 Å². The molecule has 2 heterocycles. The van der Waals surface area contributed by atoms with E-state index in [-0.39, 0.29) is 0 Å². The Morgan fingerprint density at radius 1 is 1.53 bits per heavy atom. The van der Waals surface area contributed by atoms with Gasteiger partial charge in [0.15, 0.2) is 5.65 Å². The van der Waals surface area contributed by atoms with Gasteiger partial charge >= 0.3 is 0 Å². The molecule has 0 bridgehead atoms. The topological polar surface area (TPSA) is 51.5 Å². The fourth-order valence-corrected chi connectivity index (χ4v) is 1.52. The number of anilines is 1. The van der Waals surface area contributed by atoms with E-state index < -0.39 is 0 Å². The zero-order chi connectivity index (χ0) is 10.7. The quantitative estimate of drug-likeness (QED) is 0.857. The Morgan fingerprint density at radius 2 is 2.40 bits per heavy atom. The molecule has 80 valence electrons. The normalized spacial score (nSPS) is 10.8. The number of methoxy groups -OCH3 is 1. The summed E-state index contributed by atoms with van der Waals surface area (Å²) in [7, 11) is 1.66. The van der Waals surface area contributed by atoms with Gasteiger partial charge in [0.05, 0.1) is 6.61 Å². The zero-order valence-corrected chi connectivity index (χ0v) is 9.86. The monoisotopic (exact) mass is 270 g/mol. The third-order valence-electron chi connectivity index (χ3n) is 1.88. The van der Waals surface area contributed by atoms with Crippen LogP contribution in [0, 0.1) is 0 Å². The number of fused-ring (bicyclic) bond motifs is 1. The standard InChI is InChI=1S/C9H11BrN4O/c1-15-5-4-11-9-12-8-3-2-7(10)6-14(8)13-9/h2-3,6H,4-5H2,1H3,(H,11,13). The van der Waals surface area contributed by atoms with E-state index in [0.29, 0.717) is 19.1 Å². The van der Waals surface area contributed by atoms with Crippen molar-refractivity contribution in [2.24, 2.45) is 0 Å². The number of ether oxygens (including phenoxy) is 1. The summed E-state index contributed by atoms with van der Waals surface area (Å²) >= 11 is 3.38. The fraction of sp³-hybridized carbons (Fsp3) is 0.333. The summed E-state index contributed by atoms with van der Waals surface area (Å²) in [5, 5.41) is 7.33. The van der Waals surface area contributed by atoms with Gasteiger partial charge in [-0.25, -0.2) is 4.52 Å². The number of nitrogens with zero attached hydrogens (tertiary/aromatic N) is 3. The molecule has 15 heavy (non-hydrogen) atoms. The molecule has 0 spiro atoms. The Hall–Kier alpha value is -1.14. The molecule has 0 fully saturated rings. The van der Waals surface area contributed by atoms with Crippen LogP contribution in [0.3, 0.4) is 0 Å². The van der Waals surface area contributed by atoms with E-state index in [1.54, 1.807) is 11.6 Å². The van der Waals surface area contributed by atoms with Gasteiger partial charge < -0.3 is 10.1 Å². The van der Waals surface area contributed by atoms with Crippen molar-refractivity contribution in [2.75, 3.05) is 25.6 Å². The molecule has 0 aromatic carbocycles. The summed E-state index contributed by atoms with van der Waals surface area (Å²) in [6, 6.07) is 3.83. The molecule has 0 saturated carbocycles. The lowest BCUT2D eigenvalue weighted by Gasteiger charge is -1.98. The highest BCUT2D eigenvalue weighted by Crippen LogP contribution is 2.11. The van der Waals surface area contributed by atoms with Crippen LogP contribution in [0.1, 0.15) is 0 Å². The van der Waals surface area contributed by atoms with E-state index in [2.05, 4.69) is 31.3 Å². The molecule has 0 radical (unpaired) electrons. The minimum atomic E-state index is 0.616. The summed E-state index contributed by atoms with van der Waals surface area (Å²) in [6.45, 7) is 1.34. The van der Waals surface area contributed by atoms with E-state index in [1.165, 1.54) is 0 Å². The third-order valence-corrected chi connectivity index (χ3v) is 2.35. The molecule has 0 aliphatic heterocycles. The predicted octanol–water partition coefficient (Wildman–Crippen LogP) is 1.55. The molecule has 0 aliphatic rings. The molecule has 0 aliphatic carbocycles. The number of pyridine rings is 1. The number of rotatable bonds is 4. The van der Waals surface area contributed by atoms with Gasteiger partial charge in [-0.2, -0.15) is 4.98 Å². The first-order valence-electron chi connectivity index (χ1n) is 4.54. The van der Waals surface area contributed by atoms with Crippen LogP contribution in [-0.2, 0) is 4.74 Å². The van der Waals surface area contributed by atoms with E-state index in [1.807, 2.05) is 18.3 Å². The van der Waals surface area contributed by atoms with Crippen LogP contribution < -0.4 is 5.32 Å². The number of hydrogen-bond acceptors (Lipinski definition) is 4. The van der Waals surface area contributed by atoms with E-state index in [0.717, 1.165) is 10.1 Å². The number of hydrogen-bond donors (Lipinski definition) is 1. The first-order chi connectivity index (χ1) is 7.29. The van der Waals surface area contributed by atoms with Crippen molar-refractivity contribution >= 4 is 27.5 Å². The largest absolute Gasteiger partial charge is 0.383 e. The van der Waals surface area contributed by atoms with Crippen molar-refractivity contribution < 1.29 is 4.74 Å². The van der Waals surface area contributed by atoms with Crippen molar-refractivity contribution in [3.8, 4) is 0 Å². The van der Waals surface area contributed by atoms with Crippen LogP contribution >= 0.6 is 15.9 Å². The van der Waals surface area contributed by atoms with Gasteiger partial charge in [0.1, 0.15) is 0 Å². The molecule has 0 atom stereocenters. The predicted molar refractivity (Wildman–Crippen MR) is 61.1 cm³/mol. The second kappa shape index (κ2) is 4.59. The minimum Gasteiger partial charge on any atom is -0.383 e. The molecule has 0 unspecified atom stereocenters. The van der Waals surface area contributed by atoms with Crippen LogP contribution in [0.15, 0.2) is 22.8 Å². The van der Waals surface area contributed by atoms with Gasteiger partial charge in [-0.1, -0.05) is 0 Å². The maximum atomic E-state index is 4.92. The van der Waals surface area contributed by atoms with E-state index >= 15 is 0 Å². The Kier molecular flexibility index (Phi) is 3.17. The van der Waals surface area contributed by atoms with Gasteiger partial charge in [0.2, 0.25) is 5.95 Å². The SMILES string of the molecule is COCCNc1nc2ccc(Br)cn2n1. The number of halogens is 1. The van der Waals surface area contributed by atoms with Crippen LogP contribution in [0.2, 0.25) is 0 Å². The Bertz CT molecular complexity index is 456. The van der Waals surface area contributed by atoms with E-state index in [9.17, 15) is 0 Å². The van der Waals surface area contributed by atoms with Crippen LogP contribution in [0.25, 0.3) is 5.65 Å². The highest BCUT2D eigenvalue weighted by atomic mass is 79.9. The Labute approximate surface area is 95.6 Å². The Morgan fingerprint density at radius 3 is 3.20 bits per heavy atom. The first kappa shape index (κ1) is 10.4. The molecule has 2 aromatic heterocycles. The van der Waals surface area contributed by atoms with Crippen molar-refractivity contribution in [2.45, 2.75) is 0 Å². The van der Waals surface area contributed by atoms with Gasteiger partial charge in [0.25, 0.3) is 0 Å². The summed E-state index contributed by atoms with van der Waals surface area (Å²) in [5.41, 5.74) is 0.818. The lowest BCUT2D eigenvalue weighted by Crippen LogP contribution is -2.08. The van der Waals surface area contributed by atoms with Gasteiger partial charge in [-0.3, -0.25) is 0 Å². The number of aromatic nitrogens is 3. The van der Waals surface area contributed by atoms with Gasteiger partial charge in [-0.05, 0) is 28.1 Å². The molecule has 0 amide bonds. The molecule has 0 saturated heterocycles. The Balaban J connectivity index is 2.16. The van der Waals surface area contributed by atoms with Crippen LogP contribution in [0.4, 0.5) is 5.95 Å². The molecule has 1 N–H and O–H groups in total. The molecule has 2 rings (SSSR count). The second-order valence-electron chi connectivity index (χ2n) is 3.01. The van der Waals surface area contributed by atoms with Gasteiger partial charge in [0, 0.05) is 24.3 Å². The average Bonchev–Trinajstić information content (AvgIpc) is 2.60. The maximum absolute atomic E-state index is 4.92. The van der Waals surface area contributed by atoms with Crippen molar-refractivity contribution in [1.29, 1.82) is 0 Å². The maximum Gasteiger partial charge on any atom is 0.243 e. The summed E-state index contributed by atoms with van der Waals surface area (Å²) < 4.78 is 7.62. The van der Waals surface area contributed by atoms with Gasteiger partial charge in [-0.15, -0.1) is 5.10 Å². The second-order valence-corrected chi connectivity index (χ2v) is 3.92. The van der Waals surface area contributed by atoms with Crippen LogP contribution in [-0.4, -0.2) is 34.9 Å². The van der Waals surface area contributed by atoms with E-state index in [4.69, 9.17) is 4.74 Å².